The Morgan fingerprint density at radius 1 is 0.963 bits per heavy atom. The molecule has 1 atom stereocenters. The summed E-state index contributed by atoms with van der Waals surface area (Å²) in [5.41, 5.74) is 1.81. The van der Waals surface area contributed by atoms with E-state index < -0.39 is 10.0 Å². The molecule has 0 aromatic heterocycles. The van der Waals surface area contributed by atoms with Crippen molar-refractivity contribution in [2.45, 2.75) is 30.7 Å². The van der Waals surface area contributed by atoms with Crippen LogP contribution in [0.15, 0.2) is 41.3 Å². The van der Waals surface area contributed by atoms with Crippen molar-refractivity contribution in [3.8, 4) is 17.2 Å². The van der Waals surface area contributed by atoms with E-state index in [0.717, 1.165) is 24.0 Å². The molecule has 3 rings (SSSR count). The number of rotatable bonds is 8. The molecule has 0 spiro atoms. The number of aryl methyl sites for hydroxylation is 1. The Hall–Kier alpha value is -2.25. The zero-order valence-corrected chi connectivity index (χ0v) is 16.8. The molecule has 1 fully saturated rings. The van der Waals surface area contributed by atoms with Crippen LogP contribution in [0.4, 0.5) is 0 Å². The average Bonchev–Trinajstić information content (AvgIpc) is 3.50. The van der Waals surface area contributed by atoms with Crippen LogP contribution < -0.4 is 18.9 Å². The predicted molar refractivity (Wildman–Crippen MR) is 103 cm³/mol. The summed E-state index contributed by atoms with van der Waals surface area (Å²) in [7, 11) is 0.984. The van der Waals surface area contributed by atoms with Crippen molar-refractivity contribution in [3.63, 3.8) is 0 Å². The van der Waals surface area contributed by atoms with Gasteiger partial charge in [-0.3, -0.25) is 0 Å². The highest BCUT2D eigenvalue weighted by molar-refractivity contribution is 7.89. The maximum absolute atomic E-state index is 12.9. The van der Waals surface area contributed by atoms with E-state index in [9.17, 15) is 8.42 Å². The molecule has 0 heterocycles. The van der Waals surface area contributed by atoms with E-state index in [0.29, 0.717) is 17.2 Å². The van der Waals surface area contributed by atoms with Crippen LogP contribution in [0.5, 0.6) is 17.2 Å². The van der Waals surface area contributed by atoms with Gasteiger partial charge in [-0.2, -0.15) is 0 Å². The first-order valence-electron chi connectivity index (χ1n) is 8.78. The van der Waals surface area contributed by atoms with Gasteiger partial charge in [0.15, 0.2) is 11.5 Å². The monoisotopic (exact) mass is 391 g/mol. The summed E-state index contributed by atoms with van der Waals surface area (Å²) < 4.78 is 44.8. The van der Waals surface area contributed by atoms with Crippen LogP contribution in [-0.2, 0) is 10.0 Å². The first-order valence-corrected chi connectivity index (χ1v) is 10.3. The highest BCUT2D eigenvalue weighted by Gasteiger charge is 2.36. The second kappa shape index (κ2) is 7.78. The minimum absolute atomic E-state index is 0.244. The van der Waals surface area contributed by atoms with Crippen molar-refractivity contribution in [2.24, 2.45) is 5.92 Å². The zero-order chi connectivity index (χ0) is 19.6. The molecular formula is C20H25NO5S. The van der Waals surface area contributed by atoms with Crippen molar-refractivity contribution >= 4 is 10.0 Å². The Bertz CT molecular complexity index is 879. The Labute approximate surface area is 160 Å². The van der Waals surface area contributed by atoms with Gasteiger partial charge in [-0.25, -0.2) is 13.1 Å². The second-order valence-electron chi connectivity index (χ2n) is 6.71. The lowest BCUT2D eigenvalue weighted by Gasteiger charge is -2.21. The van der Waals surface area contributed by atoms with E-state index in [1.54, 1.807) is 45.6 Å². The van der Waals surface area contributed by atoms with Gasteiger partial charge in [0.05, 0.1) is 32.3 Å². The molecule has 0 amide bonds. The average molecular weight is 391 g/mol. The smallest absolute Gasteiger partial charge is 0.241 e. The molecule has 27 heavy (non-hydrogen) atoms. The first-order chi connectivity index (χ1) is 12.9. The fourth-order valence-corrected chi connectivity index (χ4v) is 4.39. The zero-order valence-electron chi connectivity index (χ0n) is 16.0. The quantitative estimate of drug-likeness (QED) is 0.746. The molecule has 1 saturated carbocycles. The molecule has 0 unspecified atom stereocenters. The Kier molecular flexibility index (Phi) is 5.62. The number of nitrogens with one attached hydrogen (secondary N) is 1. The van der Waals surface area contributed by atoms with E-state index in [1.165, 1.54) is 0 Å². The SMILES string of the molecule is COc1cc([C@@H](NS(=O)(=O)c2ccc(C)cc2)C2CC2)cc(OC)c1OC. The van der Waals surface area contributed by atoms with Gasteiger partial charge < -0.3 is 14.2 Å². The standard InChI is InChI=1S/C20H25NO5S/c1-13-5-9-16(10-6-13)27(22,23)21-19(14-7-8-14)15-11-17(24-2)20(26-4)18(12-15)25-3/h5-6,9-12,14,19,21H,7-8H2,1-4H3/t19-/m0/s1. The van der Waals surface area contributed by atoms with Crippen LogP contribution >= 0.6 is 0 Å². The molecule has 0 bridgehead atoms. The fourth-order valence-electron chi connectivity index (χ4n) is 3.10. The van der Waals surface area contributed by atoms with E-state index in [-0.39, 0.29) is 16.9 Å². The molecule has 2 aromatic carbocycles. The van der Waals surface area contributed by atoms with Crippen LogP contribution in [0.2, 0.25) is 0 Å². The highest BCUT2D eigenvalue weighted by Crippen LogP contribution is 2.46. The molecule has 0 aliphatic heterocycles. The van der Waals surface area contributed by atoms with Gasteiger partial charge in [0.1, 0.15) is 0 Å². The summed E-state index contributed by atoms with van der Waals surface area (Å²) >= 11 is 0. The lowest BCUT2D eigenvalue weighted by molar-refractivity contribution is 0.323. The van der Waals surface area contributed by atoms with E-state index in [1.807, 2.05) is 19.1 Å². The highest BCUT2D eigenvalue weighted by atomic mass is 32.2. The van der Waals surface area contributed by atoms with Crippen molar-refractivity contribution in [1.82, 2.24) is 4.72 Å². The maximum atomic E-state index is 12.9. The summed E-state index contributed by atoms with van der Waals surface area (Å²) in [6.45, 7) is 1.92. The molecule has 0 saturated heterocycles. The molecule has 2 aromatic rings. The normalized spacial score (nSPS) is 15.3. The summed E-state index contributed by atoms with van der Waals surface area (Å²) in [4.78, 5) is 0.256. The second-order valence-corrected chi connectivity index (χ2v) is 8.42. The van der Waals surface area contributed by atoms with Crippen LogP contribution in [0, 0.1) is 12.8 Å². The summed E-state index contributed by atoms with van der Waals surface area (Å²) in [5, 5.41) is 0. The van der Waals surface area contributed by atoms with Crippen molar-refractivity contribution in [2.75, 3.05) is 21.3 Å². The Balaban J connectivity index is 1.98. The number of benzene rings is 2. The topological polar surface area (TPSA) is 73.9 Å². The lowest BCUT2D eigenvalue weighted by Crippen LogP contribution is -2.30. The lowest BCUT2D eigenvalue weighted by atomic mass is 10.0. The number of ether oxygens (including phenoxy) is 3. The third-order valence-electron chi connectivity index (χ3n) is 4.75. The van der Waals surface area contributed by atoms with Crippen molar-refractivity contribution in [3.05, 3.63) is 47.5 Å². The molecule has 1 aliphatic carbocycles. The third kappa shape index (κ3) is 4.20. The van der Waals surface area contributed by atoms with Crippen LogP contribution in [0.25, 0.3) is 0 Å². The molecule has 1 N–H and O–H groups in total. The van der Waals surface area contributed by atoms with Gasteiger partial charge in [-0.05, 0) is 55.5 Å². The maximum Gasteiger partial charge on any atom is 0.241 e. The Morgan fingerprint density at radius 2 is 1.52 bits per heavy atom. The van der Waals surface area contributed by atoms with Gasteiger partial charge >= 0.3 is 0 Å². The molecule has 146 valence electrons. The van der Waals surface area contributed by atoms with E-state index >= 15 is 0 Å². The number of sulfonamides is 1. The molecule has 7 heteroatoms. The summed E-state index contributed by atoms with van der Waals surface area (Å²) in [6, 6.07) is 10.1. The van der Waals surface area contributed by atoms with Crippen LogP contribution in [-0.4, -0.2) is 29.7 Å². The van der Waals surface area contributed by atoms with E-state index in [4.69, 9.17) is 14.2 Å². The number of methoxy groups -OCH3 is 3. The molecule has 1 aliphatic rings. The summed E-state index contributed by atoms with van der Waals surface area (Å²) in [6.07, 6.45) is 1.94. The minimum Gasteiger partial charge on any atom is -0.493 e. The van der Waals surface area contributed by atoms with Gasteiger partial charge in [-0.1, -0.05) is 17.7 Å². The number of hydrogen-bond donors (Lipinski definition) is 1. The third-order valence-corrected chi connectivity index (χ3v) is 6.21. The first kappa shape index (κ1) is 19.5. The number of hydrogen-bond acceptors (Lipinski definition) is 5. The van der Waals surface area contributed by atoms with Gasteiger partial charge in [-0.15, -0.1) is 0 Å². The van der Waals surface area contributed by atoms with Crippen LogP contribution in [0.1, 0.15) is 30.0 Å². The van der Waals surface area contributed by atoms with E-state index in [2.05, 4.69) is 4.72 Å². The fraction of sp³-hybridized carbons (Fsp3) is 0.400. The van der Waals surface area contributed by atoms with Crippen LogP contribution in [0.3, 0.4) is 0 Å². The summed E-state index contributed by atoms with van der Waals surface area (Å²) in [5.74, 6) is 1.74. The van der Waals surface area contributed by atoms with Crippen molar-refractivity contribution < 1.29 is 22.6 Å². The Morgan fingerprint density at radius 3 is 1.96 bits per heavy atom. The predicted octanol–water partition coefficient (Wildman–Crippen LogP) is 3.45. The minimum atomic E-state index is -3.65. The van der Waals surface area contributed by atoms with Gasteiger partial charge in [0.2, 0.25) is 15.8 Å². The molecule has 0 radical (unpaired) electrons. The van der Waals surface area contributed by atoms with Gasteiger partial charge in [0, 0.05) is 0 Å². The molecular weight excluding hydrogens is 366 g/mol. The molecule has 6 nitrogen and oxygen atoms in total. The largest absolute Gasteiger partial charge is 0.493 e. The van der Waals surface area contributed by atoms with Gasteiger partial charge in [0.25, 0.3) is 0 Å². The van der Waals surface area contributed by atoms with Crippen molar-refractivity contribution in [1.29, 1.82) is 0 Å².